The molecule has 0 aromatic carbocycles. The van der Waals surface area contributed by atoms with E-state index < -0.39 is 0 Å². The highest BCUT2D eigenvalue weighted by atomic mass is 16.7. The van der Waals surface area contributed by atoms with Gasteiger partial charge in [0.2, 0.25) is 0 Å². The second-order valence-corrected chi connectivity index (χ2v) is 5.22. The van der Waals surface area contributed by atoms with E-state index in [1.54, 1.807) is 0 Å². The fourth-order valence-corrected chi connectivity index (χ4v) is 2.46. The lowest BCUT2D eigenvalue weighted by Crippen LogP contribution is -2.54. The molecule has 0 radical (unpaired) electrons. The van der Waals surface area contributed by atoms with Crippen LogP contribution < -0.4 is 0 Å². The molecule has 1 aliphatic rings. The van der Waals surface area contributed by atoms with Crippen LogP contribution in [0.3, 0.4) is 0 Å². The minimum absolute atomic E-state index is 0.0827. The lowest BCUT2D eigenvalue weighted by Gasteiger charge is -2.42. The third-order valence-electron chi connectivity index (χ3n) is 2.75. The largest absolute Gasteiger partial charge is 0.370 e. The van der Waals surface area contributed by atoms with Crippen molar-refractivity contribution in [3.8, 4) is 0 Å². The first-order valence-corrected chi connectivity index (χ1v) is 6.60. The summed E-state index contributed by atoms with van der Waals surface area (Å²) in [6.45, 7) is 14.4. The number of hydrogen-bond donors (Lipinski definition) is 0. The SMILES string of the molecule is CCOC(CN1CC(C)OC(C)(C)C1)OCC. The molecule has 17 heavy (non-hydrogen) atoms. The smallest absolute Gasteiger partial charge is 0.170 e. The molecule has 1 fully saturated rings. The van der Waals surface area contributed by atoms with Crippen LogP contribution in [0.25, 0.3) is 0 Å². The molecule has 1 heterocycles. The standard InChI is InChI=1S/C13H27NO3/c1-6-15-12(16-7-2)9-14-8-11(3)17-13(4,5)10-14/h11-12H,6-10H2,1-5H3. The molecule has 1 saturated heterocycles. The number of rotatable bonds is 6. The van der Waals surface area contributed by atoms with Crippen molar-refractivity contribution in [1.29, 1.82) is 0 Å². The van der Waals surface area contributed by atoms with E-state index in [1.165, 1.54) is 0 Å². The minimum Gasteiger partial charge on any atom is -0.370 e. The summed E-state index contributed by atoms with van der Waals surface area (Å²) >= 11 is 0. The van der Waals surface area contributed by atoms with Crippen molar-refractivity contribution in [2.75, 3.05) is 32.8 Å². The Balaban J connectivity index is 2.47. The molecule has 102 valence electrons. The molecule has 0 N–H and O–H groups in total. The Labute approximate surface area is 105 Å². The fourth-order valence-electron chi connectivity index (χ4n) is 2.46. The predicted octanol–water partition coefficient (Wildman–Crippen LogP) is 1.88. The monoisotopic (exact) mass is 245 g/mol. The highest BCUT2D eigenvalue weighted by Gasteiger charge is 2.32. The molecule has 0 aromatic rings. The predicted molar refractivity (Wildman–Crippen MR) is 68.1 cm³/mol. The molecule has 1 aliphatic heterocycles. The molecular weight excluding hydrogens is 218 g/mol. The third kappa shape index (κ3) is 5.34. The van der Waals surface area contributed by atoms with Crippen molar-refractivity contribution < 1.29 is 14.2 Å². The van der Waals surface area contributed by atoms with Crippen LogP contribution in [0.4, 0.5) is 0 Å². The summed E-state index contributed by atoms with van der Waals surface area (Å²) in [6, 6.07) is 0. The van der Waals surface area contributed by atoms with Gasteiger partial charge in [0, 0.05) is 32.8 Å². The van der Waals surface area contributed by atoms with Gasteiger partial charge in [-0.1, -0.05) is 0 Å². The van der Waals surface area contributed by atoms with Gasteiger partial charge < -0.3 is 14.2 Å². The van der Waals surface area contributed by atoms with Crippen LogP contribution in [-0.2, 0) is 14.2 Å². The van der Waals surface area contributed by atoms with Crippen LogP contribution in [-0.4, -0.2) is 55.7 Å². The fraction of sp³-hybridized carbons (Fsp3) is 1.00. The summed E-state index contributed by atoms with van der Waals surface area (Å²) in [5.74, 6) is 0. The Kier molecular flexibility index (Phi) is 5.86. The van der Waals surface area contributed by atoms with Crippen molar-refractivity contribution in [3.05, 3.63) is 0 Å². The first-order chi connectivity index (χ1) is 7.96. The van der Waals surface area contributed by atoms with E-state index in [2.05, 4.69) is 25.7 Å². The van der Waals surface area contributed by atoms with Crippen LogP contribution in [0.1, 0.15) is 34.6 Å². The van der Waals surface area contributed by atoms with Crippen molar-refractivity contribution in [2.45, 2.75) is 52.6 Å². The minimum atomic E-state index is -0.119. The zero-order valence-corrected chi connectivity index (χ0v) is 11.9. The molecule has 1 atom stereocenters. The highest BCUT2D eigenvalue weighted by molar-refractivity contribution is 4.82. The van der Waals surface area contributed by atoms with Crippen LogP contribution in [0, 0.1) is 0 Å². The van der Waals surface area contributed by atoms with E-state index in [1.807, 2.05) is 13.8 Å². The Hall–Kier alpha value is -0.160. The number of morpholine rings is 1. The van der Waals surface area contributed by atoms with Crippen LogP contribution in [0.2, 0.25) is 0 Å². The molecule has 0 amide bonds. The van der Waals surface area contributed by atoms with E-state index in [0.29, 0.717) is 13.2 Å². The Morgan fingerprint density at radius 3 is 2.35 bits per heavy atom. The lowest BCUT2D eigenvalue weighted by atomic mass is 10.1. The van der Waals surface area contributed by atoms with Crippen molar-refractivity contribution in [3.63, 3.8) is 0 Å². The molecule has 0 aromatic heterocycles. The third-order valence-corrected chi connectivity index (χ3v) is 2.75. The molecule has 4 nitrogen and oxygen atoms in total. The second kappa shape index (κ2) is 6.69. The Bertz CT molecular complexity index is 215. The van der Waals surface area contributed by atoms with Gasteiger partial charge in [-0.15, -0.1) is 0 Å². The summed E-state index contributed by atoms with van der Waals surface area (Å²) in [4.78, 5) is 2.37. The topological polar surface area (TPSA) is 30.9 Å². The van der Waals surface area contributed by atoms with E-state index in [-0.39, 0.29) is 18.0 Å². The first-order valence-electron chi connectivity index (χ1n) is 6.60. The van der Waals surface area contributed by atoms with Crippen LogP contribution in [0.15, 0.2) is 0 Å². The molecule has 1 rings (SSSR count). The average Bonchev–Trinajstić information content (AvgIpc) is 2.14. The van der Waals surface area contributed by atoms with Gasteiger partial charge in [0.25, 0.3) is 0 Å². The molecule has 0 bridgehead atoms. The van der Waals surface area contributed by atoms with Crippen LogP contribution in [0.5, 0.6) is 0 Å². The van der Waals surface area contributed by atoms with Gasteiger partial charge in [0.05, 0.1) is 11.7 Å². The summed E-state index contributed by atoms with van der Waals surface area (Å²) in [7, 11) is 0. The van der Waals surface area contributed by atoms with Gasteiger partial charge in [0.1, 0.15) is 0 Å². The number of nitrogens with zero attached hydrogens (tertiary/aromatic N) is 1. The highest BCUT2D eigenvalue weighted by Crippen LogP contribution is 2.21. The zero-order valence-electron chi connectivity index (χ0n) is 11.9. The molecule has 1 unspecified atom stereocenters. The zero-order chi connectivity index (χ0) is 12.9. The quantitative estimate of drug-likeness (QED) is 0.669. The maximum absolute atomic E-state index is 5.88. The summed E-state index contributed by atoms with van der Waals surface area (Å²) in [5.41, 5.74) is -0.0827. The maximum Gasteiger partial charge on any atom is 0.170 e. The second-order valence-electron chi connectivity index (χ2n) is 5.22. The van der Waals surface area contributed by atoms with Crippen LogP contribution >= 0.6 is 0 Å². The molecule has 0 spiro atoms. The van der Waals surface area contributed by atoms with Crippen molar-refractivity contribution >= 4 is 0 Å². The normalized spacial score (nSPS) is 25.4. The molecular formula is C13H27NO3. The van der Waals surface area contributed by atoms with Crippen molar-refractivity contribution in [2.24, 2.45) is 0 Å². The Morgan fingerprint density at radius 2 is 1.88 bits per heavy atom. The molecule has 0 aliphatic carbocycles. The lowest BCUT2D eigenvalue weighted by molar-refractivity contribution is -0.177. The van der Waals surface area contributed by atoms with E-state index >= 15 is 0 Å². The van der Waals surface area contributed by atoms with Gasteiger partial charge in [-0.25, -0.2) is 0 Å². The van der Waals surface area contributed by atoms with Gasteiger partial charge in [-0.2, -0.15) is 0 Å². The van der Waals surface area contributed by atoms with Gasteiger partial charge in [0.15, 0.2) is 6.29 Å². The maximum atomic E-state index is 5.88. The van der Waals surface area contributed by atoms with Crippen molar-refractivity contribution in [1.82, 2.24) is 4.90 Å². The van der Waals surface area contributed by atoms with E-state index in [4.69, 9.17) is 14.2 Å². The van der Waals surface area contributed by atoms with Gasteiger partial charge in [-0.05, 0) is 34.6 Å². The summed E-state index contributed by atoms with van der Waals surface area (Å²) in [5, 5.41) is 0. The first kappa shape index (κ1) is 14.9. The van der Waals surface area contributed by atoms with E-state index in [9.17, 15) is 0 Å². The van der Waals surface area contributed by atoms with Gasteiger partial charge >= 0.3 is 0 Å². The number of ether oxygens (including phenoxy) is 3. The number of hydrogen-bond acceptors (Lipinski definition) is 4. The molecule has 0 saturated carbocycles. The molecule has 4 heteroatoms. The van der Waals surface area contributed by atoms with Gasteiger partial charge in [-0.3, -0.25) is 4.90 Å². The average molecular weight is 245 g/mol. The summed E-state index contributed by atoms with van der Waals surface area (Å²) in [6.07, 6.45) is 0.147. The van der Waals surface area contributed by atoms with E-state index in [0.717, 1.165) is 19.6 Å². The Morgan fingerprint density at radius 1 is 1.29 bits per heavy atom. The summed E-state index contributed by atoms with van der Waals surface area (Å²) < 4.78 is 17.0.